The molecule has 0 aliphatic heterocycles. The number of halogens is 1. The van der Waals surface area contributed by atoms with Crippen LogP contribution in [0.2, 0.25) is 0 Å². The molecule has 1 aromatic heterocycles. The number of hydrogen-bond donors (Lipinski definition) is 2. The maximum atomic E-state index is 12.3. The van der Waals surface area contributed by atoms with Crippen molar-refractivity contribution in [3.8, 4) is 0 Å². The maximum absolute atomic E-state index is 12.3. The van der Waals surface area contributed by atoms with Crippen molar-refractivity contribution in [3.63, 3.8) is 0 Å². The van der Waals surface area contributed by atoms with E-state index in [1.165, 1.54) is 20.5 Å². The molecule has 1 fully saturated rings. The van der Waals surface area contributed by atoms with Gasteiger partial charge in [-0.25, -0.2) is 4.79 Å². The summed E-state index contributed by atoms with van der Waals surface area (Å²) in [6, 6.07) is 0.320. The lowest BCUT2D eigenvalue weighted by molar-refractivity contribution is 0.0983. The molecule has 1 aliphatic rings. The van der Waals surface area contributed by atoms with Crippen molar-refractivity contribution in [1.29, 1.82) is 0 Å². The van der Waals surface area contributed by atoms with Gasteiger partial charge in [-0.3, -0.25) is 18.7 Å². The molecule has 1 saturated carbocycles. The quantitative estimate of drug-likeness (QED) is 0.768. The maximum Gasteiger partial charge on any atom is 0.332 e. The average molecular weight is 331 g/mol. The van der Waals surface area contributed by atoms with Crippen molar-refractivity contribution in [2.75, 3.05) is 12.3 Å². The summed E-state index contributed by atoms with van der Waals surface area (Å²) in [4.78, 5) is 36.1. The van der Waals surface area contributed by atoms with Gasteiger partial charge in [0.15, 0.2) is 5.78 Å². The molecule has 0 saturated heterocycles. The Labute approximate surface area is 134 Å². The van der Waals surface area contributed by atoms with Gasteiger partial charge in [0.25, 0.3) is 5.56 Å². The zero-order valence-corrected chi connectivity index (χ0v) is 13.7. The van der Waals surface area contributed by atoms with Gasteiger partial charge in [0.1, 0.15) is 11.4 Å². The Bertz CT molecular complexity index is 659. The summed E-state index contributed by atoms with van der Waals surface area (Å²) in [5.74, 6) is -0.437. The summed E-state index contributed by atoms with van der Waals surface area (Å²) in [5.41, 5.74) is 4.49. The smallest absolute Gasteiger partial charge is 0.332 e. The summed E-state index contributed by atoms with van der Waals surface area (Å²) >= 11 is 0. The number of ketones is 1. The van der Waals surface area contributed by atoms with E-state index in [9.17, 15) is 14.4 Å². The minimum absolute atomic E-state index is 0. The highest BCUT2D eigenvalue weighted by Crippen LogP contribution is 2.17. The van der Waals surface area contributed by atoms with Gasteiger partial charge < -0.3 is 11.1 Å². The first-order chi connectivity index (χ1) is 9.93. The van der Waals surface area contributed by atoms with Gasteiger partial charge in [-0.2, -0.15) is 0 Å². The molecular formula is C14H23ClN4O3. The number of anilines is 1. The Hall–Kier alpha value is -1.60. The van der Waals surface area contributed by atoms with Crippen LogP contribution in [0.25, 0.3) is 0 Å². The molecule has 7 nitrogen and oxygen atoms in total. The highest BCUT2D eigenvalue weighted by Gasteiger charge is 2.21. The molecule has 3 N–H and O–H groups in total. The van der Waals surface area contributed by atoms with Gasteiger partial charge in [0.05, 0.1) is 6.54 Å². The second-order valence-corrected chi connectivity index (χ2v) is 5.61. The Morgan fingerprint density at radius 2 is 1.77 bits per heavy atom. The van der Waals surface area contributed by atoms with Crippen LogP contribution in [-0.2, 0) is 14.1 Å². The lowest BCUT2D eigenvalue weighted by Crippen LogP contribution is -2.43. The van der Waals surface area contributed by atoms with Gasteiger partial charge in [-0.05, 0) is 12.8 Å². The van der Waals surface area contributed by atoms with E-state index >= 15 is 0 Å². The van der Waals surface area contributed by atoms with E-state index in [1.54, 1.807) is 0 Å². The molecule has 2 rings (SSSR count). The van der Waals surface area contributed by atoms with Crippen molar-refractivity contribution in [2.24, 2.45) is 14.1 Å². The Morgan fingerprint density at radius 1 is 1.18 bits per heavy atom. The third-order valence-corrected chi connectivity index (χ3v) is 4.15. The molecule has 8 heteroatoms. The van der Waals surface area contributed by atoms with Crippen molar-refractivity contribution < 1.29 is 4.79 Å². The average Bonchev–Trinajstić information content (AvgIpc) is 2.50. The fourth-order valence-corrected chi connectivity index (χ4v) is 2.75. The standard InChI is InChI=1S/C14H22N4O3.ClH/c1-17-12(15)11(13(20)18(2)14(17)21)10(19)8-16-9-6-4-3-5-7-9;/h9,16H,3-8,15H2,1-2H3;1H. The molecule has 1 heterocycles. The molecule has 22 heavy (non-hydrogen) atoms. The van der Waals surface area contributed by atoms with Gasteiger partial charge in [0, 0.05) is 20.1 Å². The SMILES string of the molecule is Cl.Cn1c(N)c(C(=O)CNC2CCCCC2)c(=O)n(C)c1=O. The number of carbonyl (C=O) groups excluding carboxylic acids is 1. The van der Waals surface area contributed by atoms with Gasteiger partial charge in [0.2, 0.25) is 0 Å². The molecule has 0 bridgehead atoms. The molecule has 1 aliphatic carbocycles. The summed E-state index contributed by atoms with van der Waals surface area (Å²) < 4.78 is 2.03. The Balaban J connectivity index is 0.00000242. The van der Waals surface area contributed by atoms with Crippen molar-refractivity contribution in [2.45, 2.75) is 38.1 Å². The van der Waals surface area contributed by atoms with Crippen molar-refractivity contribution >= 4 is 24.0 Å². The molecule has 0 unspecified atom stereocenters. The molecule has 0 atom stereocenters. The number of Topliss-reactive ketones (excluding diaryl/α,β-unsaturated/α-hetero) is 1. The summed E-state index contributed by atoms with van der Waals surface area (Å²) in [5, 5.41) is 3.19. The fourth-order valence-electron chi connectivity index (χ4n) is 2.75. The number of nitrogens with two attached hydrogens (primary N) is 1. The largest absolute Gasteiger partial charge is 0.384 e. The monoisotopic (exact) mass is 330 g/mol. The van der Waals surface area contributed by atoms with Crippen LogP contribution in [0.4, 0.5) is 5.82 Å². The van der Waals surface area contributed by atoms with Crippen LogP contribution in [0.5, 0.6) is 0 Å². The second kappa shape index (κ2) is 7.60. The number of nitrogens with zero attached hydrogens (tertiary/aromatic N) is 2. The highest BCUT2D eigenvalue weighted by atomic mass is 35.5. The third kappa shape index (κ3) is 3.59. The first-order valence-corrected chi connectivity index (χ1v) is 7.25. The lowest BCUT2D eigenvalue weighted by atomic mass is 9.95. The van der Waals surface area contributed by atoms with Gasteiger partial charge >= 0.3 is 5.69 Å². The predicted molar refractivity (Wildman–Crippen MR) is 87.8 cm³/mol. The van der Waals surface area contributed by atoms with Crippen molar-refractivity contribution in [3.05, 3.63) is 26.4 Å². The Kier molecular flexibility index (Phi) is 6.37. The van der Waals surface area contributed by atoms with E-state index in [0.29, 0.717) is 6.04 Å². The van der Waals surface area contributed by atoms with E-state index in [1.807, 2.05) is 0 Å². The summed E-state index contributed by atoms with van der Waals surface area (Å²) in [7, 11) is 2.79. The van der Waals surface area contributed by atoms with E-state index in [2.05, 4.69) is 5.32 Å². The number of nitrogens with one attached hydrogen (secondary N) is 1. The van der Waals surface area contributed by atoms with Crippen LogP contribution in [0.3, 0.4) is 0 Å². The van der Waals surface area contributed by atoms with E-state index in [4.69, 9.17) is 5.73 Å². The molecule has 124 valence electrons. The van der Waals surface area contributed by atoms with Crippen LogP contribution in [0.1, 0.15) is 42.5 Å². The third-order valence-electron chi connectivity index (χ3n) is 4.15. The summed E-state index contributed by atoms with van der Waals surface area (Å²) in [6.07, 6.45) is 5.66. The number of carbonyl (C=O) groups is 1. The zero-order valence-electron chi connectivity index (χ0n) is 12.9. The van der Waals surface area contributed by atoms with E-state index in [0.717, 1.165) is 34.8 Å². The van der Waals surface area contributed by atoms with Crippen LogP contribution in [0.15, 0.2) is 9.59 Å². The molecule has 1 aromatic rings. The molecule has 0 amide bonds. The second-order valence-electron chi connectivity index (χ2n) is 5.61. The lowest BCUT2D eigenvalue weighted by Gasteiger charge is -2.22. The van der Waals surface area contributed by atoms with E-state index in [-0.39, 0.29) is 36.1 Å². The zero-order chi connectivity index (χ0) is 15.6. The first kappa shape index (κ1) is 18.4. The van der Waals surface area contributed by atoms with Gasteiger partial charge in [-0.1, -0.05) is 19.3 Å². The molecule has 0 radical (unpaired) electrons. The summed E-state index contributed by atoms with van der Waals surface area (Å²) in [6.45, 7) is 0.0717. The topological polar surface area (TPSA) is 99.1 Å². The number of rotatable bonds is 4. The minimum Gasteiger partial charge on any atom is -0.384 e. The first-order valence-electron chi connectivity index (χ1n) is 7.25. The van der Waals surface area contributed by atoms with E-state index < -0.39 is 11.2 Å². The van der Waals surface area contributed by atoms with Crippen LogP contribution >= 0.6 is 12.4 Å². The molecular weight excluding hydrogens is 308 g/mol. The molecule has 0 spiro atoms. The Morgan fingerprint density at radius 3 is 2.36 bits per heavy atom. The highest BCUT2D eigenvalue weighted by molar-refractivity contribution is 6.01. The van der Waals surface area contributed by atoms with Crippen LogP contribution in [-0.4, -0.2) is 27.5 Å². The van der Waals surface area contributed by atoms with Gasteiger partial charge in [-0.15, -0.1) is 12.4 Å². The van der Waals surface area contributed by atoms with Crippen molar-refractivity contribution in [1.82, 2.24) is 14.5 Å². The van der Waals surface area contributed by atoms with Crippen LogP contribution in [0, 0.1) is 0 Å². The normalized spacial score (nSPS) is 15.4. The van der Waals surface area contributed by atoms with Crippen LogP contribution < -0.4 is 22.3 Å². The molecule has 0 aromatic carbocycles. The number of aromatic nitrogens is 2. The number of hydrogen-bond acceptors (Lipinski definition) is 5. The fraction of sp³-hybridized carbons (Fsp3) is 0.643. The predicted octanol–water partition coefficient (Wildman–Crippen LogP) is 0.193. The number of nitrogen functional groups attached to an aromatic ring is 1. The minimum atomic E-state index is -0.633.